The van der Waals surface area contributed by atoms with Crippen LogP contribution in [0.1, 0.15) is 38.5 Å². The van der Waals surface area contributed by atoms with E-state index in [1.54, 1.807) is 0 Å². The quantitative estimate of drug-likeness (QED) is 0.727. The molecule has 2 fully saturated rings. The van der Waals surface area contributed by atoms with E-state index >= 15 is 0 Å². The van der Waals surface area contributed by atoms with Crippen molar-refractivity contribution in [2.24, 2.45) is 11.1 Å². The molecule has 0 radical (unpaired) electrons. The first-order chi connectivity index (χ1) is 12.4. The molecule has 26 heavy (non-hydrogen) atoms. The maximum Gasteiger partial charge on any atom is 0.319 e. The second-order valence-electron chi connectivity index (χ2n) is 7.35. The summed E-state index contributed by atoms with van der Waals surface area (Å²) in [5.74, 6) is 0.493. The summed E-state index contributed by atoms with van der Waals surface area (Å²) in [6.45, 7) is 2.85. The van der Waals surface area contributed by atoms with E-state index in [2.05, 4.69) is 15.5 Å². The molecule has 1 aliphatic heterocycles. The van der Waals surface area contributed by atoms with Gasteiger partial charge in [0, 0.05) is 24.8 Å². The number of anilines is 1. The number of amides is 2. The van der Waals surface area contributed by atoms with E-state index in [4.69, 9.17) is 5.14 Å². The first-order valence-corrected chi connectivity index (χ1v) is 10.9. The Kier molecular flexibility index (Phi) is 6.16. The Morgan fingerprint density at radius 1 is 1.12 bits per heavy atom. The summed E-state index contributed by atoms with van der Waals surface area (Å²) in [5, 5.41) is 10.7. The smallest absolute Gasteiger partial charge is 0.319 e. The predicted molar refractivity (Wildman–Crippen MR) is 101 cm³/mol. The van der Waals surface area contributed by atoms with Crippen LogP contribution in [-0.4, -0.2) is 45.0 Å². The lowest BCUT2D eigenvalue weighted by molar-refractivity contribution is 0.185. The zero-order chi connectivity index (χ0) is 18.6. The standard InChI is InChI=1S/C18H28N4O3S/c19-26(24,25)17-8-6-15(7-9-17)21-18(23)20-12-14-10-11-22(13-14)16-4-2-1-3-5-16/h6-9,14,16H,1-5,10-13H2,(H2,19,24,25)(H2,20,21,23)/t14-/m0/s1. The van der Waals surface area contributed by atoms with Crippen LogP contribution in [-0.2, 0) is 10.0 Å². The van der Waals surface area contributed by atoms with E-state index in [9.17, 15) is 13.2 Å². The number of nitrogens with two attached hydrogens (primary N) is 1. The van der Waals surface area contributed by atoms with Gasteiger partial charge >= 0.3 is 6.03 Å². The molecule has 0 bridgehead atoms. The highest BCUT2D eigenvalue weighted by Crippen LogP contribution is 2.27. The third kappa shape index (κ3) is 5.18. The number of carbonyl (C=O) groups is 1. The van der Waals surface area contributed by atoms with Crippen molar-refractivity contribution >= 4 is 21.7 Å². The van der Waals surface area contributed by atoms with Crippen molar-refractivity contribution in [3.05, 3.63) is 24.3 Å². The van der Waals surface area contributed by atoms with Crippen LogP contribution in [0.25, 0.3) is 0 Å². The SMILES string of the molecule is NS(=O)(=O)c1ccc(NC(=O)NC[C@@H]2CCN(C3CCCCC3)C2)cc1. The molecular weight excluding hydrogens is 352 g/mol. The molecule has 4 N–H and O–H groups in total. The Morgan fingerprint density at radius 3 is 2.46 bits per heavy atom. The van der Waals surface area contributed by atoms with Crippen LogP contribution in [0.15, 0.2) is 29.2 Å². The fourth-order valence-corrected chi connectivity index (χ4v) is 4.46. The molecule has 2 aliphatic rings. The third-order valence-corrected chi connectivity index (χ3v) is 6.33. The normalized spacial score (nSPS) is 22.3. The monoisotopic (exact) mass is 380 g/mol. The van der Waals surface area contributed by atoms with E-state index in [0.29, 0.717) is 18.2 Å². The minimum atomic E-state index is -3.72. The minimum Gasteiger partial charge on any atom is -0.338 e. The van der Waals surface area contributed by atoms with Gasteiger partial charge in [-0.1, -0.05) is 19.3 Å². The number of sulfonamides is 1. The molecule has 1 atom stereocenters. The van der Waals surface area contributed by atoms with Gasteiger partial charge in [-0.2, -0.15) is 0 Å². The molecule has 1 aliphatic carbocycles. The largest absolute Gasteiger partial charge is 0.338 e. The summed E-state index contributed by atoms with van der Waals surface area (Å²) in [5.41, 5.74) is 0.533. The summed E-state index contributed by atoms with van der Waals surface area (Å²) < 4.78 is 22.5. The molecule has 7 nitrogen and oxygen atoms in total. The van der Waals surface area contributed by atoms with E-state index < -0.39 is 10.0 Å². The molecular formula is C18H28N4O3S. The van der Waals surface area contributed by atoms with Crippen LogP contribution in [0.4, 0.5) is 10.5 Å². The van der Waals surface area contributed by atoms with Gasteiger partial charge in [0.1, 0.15) is 0 Å². The third-order valence-electron chi connectivity index (χ3n) is 5.40. The average molecular weight is 381 g/mol. The van der Waals surface area contributed by atoms with Gasteiger partial charge in [-0.3, -0.25) is 0 Å². The number of likely N-dealkylation sites (tertiary alicyclic amines) is 1. The van der Waals surface area contributed by atoms with Crippen LogP contribution in [0.2, 0.25) is 0 Å². The Morgan fingerprint density at radius 2 is 1.81 bits per heavy atom. The Hall–Kier alpha value is -1.64. The topological polar surface area (TPSA) is 105 Å². The highest BCUT2D eigenvalue weighted by Gasteiger charge is 2.29. The van der Waals surface area contributed by atoms with Crippen LogP contribution in [0.5, 0.6) is 0 Å². The molecule has 8 heteroatoms. The van der Waals surface area contributed by atoms with E-state index in [0.717, 1.165) is 25.6 Å². The summed E-state index contributed by atoms with van der Waals surface area (Å²) in [6.07, 6.45) is 7.81. The Bertz CT molecular complexity index is 714. The van der Waals surface area contributed by atoms with Crippen molar-refractivity contribution in [2.75, 3.05) is 25.0 Å². The molecule has 0 spiro atoms. The number of nitrogens with one attached hydrogen (secondary N) is 2. The van der Waals surface area contributed by atoms with Crippen molar-refractivity contribution in [3.8, 4) is 0 Å². The van der Waals surface area contributed by atoms with Gasteiger partial charge in [0.15, 0.2) is 0 Å². The van der Waals surface area contributed by atoms with Gasteiger partial charge < -0.3 is 15.5 Å². The van der Waals surface area contributed by atoms with Crippen molar-refractivity contribution in [2.45, 2.75) is 49.5 Å². The molecule has 1 aromatic carbocycles. The number of primary sulfonamides is 1. The van der Waals surface area contributed by atoms with E-state index in [1.165, 1.54) is 56.4 Å². The lowest BCUT2D eigenvalue weighted by Crippen LogP contribution is -2.37. The molecule has 1 saturated heterocycles. The number of rotatable bonds is 5. The maximum atomic E-state index is 12.1. The van der Waals surface area contributed by atoms with Crippen molar-refractivity contribution < 1.29 is 13.2 Å². The lowest BCUT2D eigenvalue weighted by atomic mass is 9.94. The number of urea groups is 1. The van der Waals surface area contributed by atoms with Crippen LogP contribution < -0.4 is 15.8 Å². The van der Waals surface area contributed by atoms with Gasteiger partial charge in [-0.05, 0) is 56.0 Å². The first-order valence-electron chi connectivity index (χ1n) is 9.33. The fraction of sp³-hybridized carbons (Fsp3) is 0.611. The molecule has 0 unspecified atom stereocenters. The van der Waals surface area contributed by atoms with Gasteiger partial charge in [0.2, 0.25) is 10.0 Å². The van der Waals surface area contributed by atoms with Crippen molar-refractivity contribution in [1.29, 1.82) is 0 Å². The summed E-state index contributed by atoms with van der Waals surface area (Å²) in [7, 11) is -3.72. The first kappa shape index (κ1) is 19.1. The second-order valence-corrected chi connectivity index (χ2v) is 8.91. The number of benzene rings is 1. The zero-order valence-electron chi connectivity index (χ0n) is 15.0. The molecule has 1 saturated carbocycles. The van der Waals surface area contributed by atoms with Gasteiger partial charge in [0.05, 0.1) is 4.90 Å². The van der Waals surface area contributed by atoms with E-state index in [-0.39, 0.29) is 10.9 Å². The number of carbonyl (C=O) groups excluding carboxylic acids is 1. The maximum absolute atomic E-state index is 12.1. The highest BCUT2D eigenvalue weighted by atomic mass is 32.2. The van der Waals surface area contributed by atoms with Crippen LogP contribution >= 0.6 is 0 Å². The van der Waals surface area contributed by atoms with Crippen LogP contribution in [0.3, 0.4) is 0 Å². The van der Waals surface area contributed by atoms with Crippen LogP contribution in [0, 0.1) is 5.92 Å². The Balaban J connectivity index is 1.41. The second kappa shape index (κ2) is 8.37. The number of hydrogen-bond donors (Lipinski definition) is 3. The van der Waals surface area contributed by atoms with Crippen molar-refractivity contribution in [3.63, 3.8) is 0 Å². The van der Waals surface area contributed by atoms with Gasteiger partial charge in [-0.15, -0.1) is 0 Å². The van der Waals surface area contributed by atoms with E-state index in [1.807, 2.05) is 0 Å². The predicted octanol–water partition coefficient (Wildman–Crippen LogP) is 2.11. The Labute approximate surface area is 155 Å². The zero-order valence-corrected chi connectivity index (χ0v) is 15.8. The summed E-state index contributed by atoms with van der Waals surface area (Å²) in [4.78, 5) is 14.7. The molecule has 3 rings (SSSR count). The number of nitrogens with zero attached hydrogens (tertiary/aromatic N) is 1. The van der Waals surface area contributed by atoms with Crippen molar-refractivity contribution in [1.82, 2.24) is 10.2 Å². The molecule has 144 valence electrons. The molecule has 1 heterocycles. The minimum absolute atomic E-state index is 0.0252. The molecule has 1 aromatic rings. The molecule has 2 amide bonds. The molecule has 0 aromatic heterocycles. The average Bonchev–Trinajstić information content (AvgIpc) is 3.09. The highest BCUT2D eigenvalue weighted by molar-refractivity contribution is 7.89. The lowest BCUT2D eigenvalue weighted by Gasteiger charge is -2.31. The summed E-state index contributed by atoms with van der Waals surface area (Å²) >= 11 is 0. The number of hydrogen-bond acceptors (Lipinski definition) is 4. The van der Waals surface area contributed by atoms with Gasteiger partial charge in [0.25, 0.3) is 0 Å². The van der Waals surface area contributed by atoms with Gasteiger partial charge in [-0.25, -0.2) is 18.4 Å². The summed E-state index contributed by atoms with van der Waals surface area (Å²) in [6, 6.07) is 6.28. The fourth-order valence-electron chi connectivity index (χ4n) is 3.95.